The molecule has 4 aromatic rings. The number of nitrogens with zero attached hydrogens (tertiary/aromatic N) is 3. The van der Waals surface area contributed by atoms with E-state index in [4.69, 9.17) is 9.15 Å². The standard InChI is InChI=1S/C25H23FN4O3/c1-32-20-8-6-19(7-9-20)29-11-13-30(14-12-29)25(31)22-16-23-21(10-15-33-23)24(28-22)27-18-4-2-17(26)3-5-18/h2-10,15-16H,11-14H2,1H3,(H,27,28). The van der Waals surface area contributed by atoms with Gasteiger partial charge >= 0.3 is 0 Å². The molecule has 2 aromatic carbocycles. The van der Waals surface area contributed by atoms with Crippen LogP contribution in [0.5, 0.6) is 5.75 Å². The summed E-state index contributed by atoms with van der Waals surface area (Å²) in [6.45, 7) is 2.62. The van der Waals surface area contributed by atoms with Crippen molar-refractivity contribution < 1.29 is 18.3 Å². The first-order chi connectivity index (χ1) is 16.1. The first kappa shape index (κ1) is 20.8. The number of carbonyl (C=O) groups excluding carboxylic acids is 1. The molecule has 0 saturated carbocycles. The number of furan rings is 1. The molecule has 0 aliphatic carbocycles. The monoisotopic (exact) mass is 446 g/mol. The highest BCUT2D eigenvalue weighted by Crippen LogP contribution is 2.28. The number of ether oxygens (including phenoxy) is 1. The Hall–Kier alpha value is -4.07. The molecule has 1 saturated heterocycles. The first-order valence-electron chi connectivity index (χ1n) is 10.7. The van der Waals surface area contributed by atoms with Crippen molar-refractivity contribution in [3.8, 4) is 5.75 Å². The second-order valence-corrected chi connectivity index (χ2v) is 7.80. The molecule has 0 atom stereocenters. The molecular formula is C25H23FN4O3. The van der Waals surface area contributed by atoms with E-state index < -0.39 is 0 Å². The molecule has 3 heterocycles. The van der Waals surface area contributed by atoms with E-state index in [2.05, 4.69) is 15.2 Å². The van der Waals surface area contributed by atoms with Crippen molar-refractivity contribution in [2.24, 2.45) is 0 Å². The SMILES string of the molecule is COc1ccc(N2CCN(C(=O)c3cc4occc4c(Nc4ccc(F)cc4)n3)CC2)cc1. The van der Waals surface area contributed by atoms with Crippen LogP contribution in [-0.2, 0) is 0 Å². The number of amides is 1. The zero-order valence-electron chi connectivity index (χ0n) is 18.1. The van der Waals surface area contributed by atoms with Crippen LogP contribution in [0.2, 0.25) is 0 Å². The second kappa shape index (κ2) is 8.82. The van der Waals surface area contributed by atoms with Crippen LogP contribution >= 0.6 is 0 Å². The van der Waals surface area contributed by atoms with Crippen molar-refractivity contribution >= 4 is 34.1 Å². The molecule has 8 heteroatoms. The molecule has 33 heavy (non-hydrogen) atoms. The van der Waals surface area contributed by atoms with Gasteiger partial charge in [-0.25, -0.2) is 9.37 Å². The van der Waals surface area contributed by atoms with Gasteiger partial charge in [0.15, 0.2) is 0 Å². The number of piperazine rings is 1. The molecular weight excluding hydrogens is 423 g/mol. The van der Waals surface area contributed by atoms with E-state index in [0.29, 0.717) is 35.9 Å². The lowest BCUT2D eigenvalue weighted by Gasteiger charge is -2.36. The number of pyridine rings is 1. The fourth-order valence-corrected chi connectivity index (χ4v) is 3.96. The van der Waals surface area contributed by atoms with E-state index in [9.17, 15) is 9.18 Å². The summed E-state index contributed by atoms with van der Waals surface area (Å²) in [5, 5.41) is 3.92. The Balaban J connectivity index is 1.32. The van der Waals surface area contributed by atoms with Crippen LogP contribution in [0.4, 0.5) is 21.6 Å². The van der Waals surface area contributed by atoms with Crippen LogP contribution in [0.3, 0.4) is 0 Å². The van der Waals surface area contributed by atoms with Gasteiger partial charge in [0.2, 0.25) is 0 Å². The van der Waals surface area contributed by atoms with Crippen molar-refractivity contribution in [2.45, 2.75) is 0 Å². The quantitative estimate of drug-likeness (QED) is 0.480. The first-order valence-corrected chi connectivity index (χ1v) is 10.7. The Kier molecular flexibility index (Phi) is 5.56. The summed E-state index contributed by atoms with van der Waals surface area (Å²) in [7, 11) is 1.65. The zero-order chi connectivity index (χ0) is 22.8. The number of hydrogen-bond donors (Lipinski definition) is 1. The van der Waals surface area contributed by atoms with Crippen LogP contribution in [0.15, 0.2) is 71.3 Å². The third kappa shape index (κ3) is 4.32. The van der Waals surface area contributed by atoms with Crippen LogP contribution in [-0.4, -0.2) is 49.1 Å². The fraction of sp³-hybridized carbons (Fsp3) is 0.200. The predicted molar refractivity (Wildman–Crippen MR) is 125 cm³/mol. The molecule has 1 aliphatic heterocycles. The predicted octanol–water partition coefficient (Wildman–Crippen LogP) is 4.68. The van der Waals surface area contributed by atoms with Crippen molar-refractivity contribution in [1.29, 1.82) is 0 Å². The van der Waals surface area contributed by atoms with Crippen molar-refractivity contribution in [1.82, 2.24) is 9.88 Å². The number of benzene rings is 2. The summed E-state index contributed by atoms with van der Waals surface area (Å²) >= 11 is 0. The molecule has 1 N–H and O–H groups in total. The van der Waals surface area contributed by atoms with E-state index in [1.54, 1.807) is 42.5 Å². The molecule has 168 valence electrons. The van der Waals surface area contributed by atoms with Gasteiger partial charge in [0.25, 0.3) is 5.91 Å². The smallest absolute Gasteiger partial charge is 0.272 e. The molecule has 1 aliphatic rings. The van der Waals surface area contributed by atoms with Crippen LogP contribution in [0.1, 0.15) is 10.5 Å². The Bertz CT molecular complexity index is 1260. The Morgan fingerprint density at radius 1 is 1.03 bits per heavy atom. The minimum absolute atomic E-state index is 0.148. The summed E-state index contributed by atoms with van der Waals surface area (Å²) in [5.41, 5.74) is 2.64. The fourth-order valence-electron chi connectivity index (χ4n) is 3.96. The zero-order valence-corrected chi connectivity index (χ0v) is 18.1. The molecule has 2 aromatic heterocycles. The molecule has 5 rings (SSSR count). The minimum atomic E-state index is -0.320. The van der Waals surface area contributed by atoms with Gasteiger partial charge in [0, 0.05) is 43.6 Å². The number of carbonyl (C=O) groups is 1. The van der Waals surface area contributed by atoms with Crippen molar-refractivity contribution in [2.75, 3.05) is 43.5 Å². The largest absolute Gasteiger partial charge is 0.497 e. The van der Waals surface area contributed by atoms with Gasteiger partial charge < -0.3 is 24.3 Å². The van der Waals surface area contributed by atoms with E-state index >= 15 is 0 Å². The highest BCUT2D eigenvalue weighted by molar-refractivity contribution is 5.99. The molecule has 0 unspecified atom stereocenters. The highest BCUT2D eigenvalue weighted by atomic mass is 19.1. The van der Waals surface area contributed by atoms with Gasteiger partial charge in [-0.1, -0.05) is 0 Å². The van der Waals surface area contributed by atoms with Crippen LogP contribution < -0.4 is 15.0 Å². The average molecular weight is 446 g/mol. The van der Waals surface area contributed by atoms with Crippen LogP contribution in [0, 0.1) is 5.82 Å². The summed E-state index contributed by atoms with van der Waals surface area (Å²) in [5.74, 6) is 0.842. The lowest BCUT2D eigenvalue weighted by atomic mass is 10.2. The van der Waals surface area contributed by atoms with Gasteiger partial charge in [0.05, 0.1) is 18.8 Å². The number of halogens is 1. The van der Waals surface area contributed by atoms with Crippen molar-refractivity contribution in [3.63, 3.8) is 0 Å². The lowest BCUT2D eigenvalue weighted by molar-refractivity contribution is 0.0741. The Morgan fingerprint density at radius 3 is 2.45 bits per heavy atom. The number of methoxy groups -OCH3 is 1. The lowest BCUT2D eigenvalue weighted by Crippen LogP contribution is -2.49. The summed E-state index contributed by atoms with van der Waals surface area (Å²) in [6.07, 6.45) is 1.56. The summed E-state index contributed by atoms with van der Waals surface area (Å²) in [4.78, 5) is 21.9. The van der Waals surface area contributed by atoms with E-state index in [1.165, 1.54) is 12.1 Å². The number of anilines is 3. The van der Waals surface area contributed by atoms with Crippen molar-refractivity contribution in [3.05, 3.63) is 78.4 Å². The second-order valence-electron chi connectivity index (χ2n) is 7.80. The maximum absolute atomic E-state index is 13.3. The topological polar surface area (TPSA) is 70.8 Å². The third-order valence-electron chi connectivity index (χ3n) is 5.78. The number of hydrogen-bond acceptors (Lipinski definition) is 6. The summed E-state index contributed by atoms with van der Waals surface area (Å²) in [6, 6.07) is 17.4. The van der Waals surface area contributed by atoms with Gasteiger partial charge in [-0.3, -0.25) is 4.79 Å². The van der Waals surface area contributed by atoms with Gasteiger partial charge in [-0.05, 0) is 54.6 Å². The molecule has 7 nitrogen and oxygen atoms in total. The molecule has 1 fully saturated rings. The molecule has 0 spiro atoms. The maximum atomic E-state index is 13.3. The molecule has 0 bridgehead atoms. The Labute approximate surface area is 190 Å². The average Bonchev–Trinajstić information content (AvgIpc) is 3.34. The minimum Gasteiger partial charge on any atom is -0.497 e. The van der Waals surface area contributed by atoms with Gasteiger partial charge in [-0.2, -0.15) is 0 Å². The van der Waals surface area contributed by atoms with E-state index in [1.807, 2.05) is 24.3 Å². The van der Waals surface area contributed by atoms with E-state index in [0.717, 1.165) is 29.9 Å². The number of aromatic nitrogens is 1. The number of fused-ring (bicyclic) bond motifs is 1. The third-order valence-corrected chi connectivity index (χ3v) is 5.78. The maximum Gasteiger partial charge on any atom is 0.272 e. The normalized spacial score (nSPS) is 13.9. The summed E-state index contributed by atoms with van der Waals surface area (Å²) < 4.78 is 24.0. The van der Waals surface area contributed by atoms with Gasteiger partial charge in [-0.15, -0.1) is 0 Å². The van der Waals surface area contributed by atoms with Crippen LogP contribution in [0.25, 0.3) is 11.0 Å². The Morgan fingerprint density at radius 2 is 1.76 bits per heavy atom. The number of nitrogens with one attached hydrogen (secondary N) is 1. The molecule has 1 amide bonds. The van der Waals surface area contributed by atoms with Gasteiger partial charge in [0.1, 0.15) is 28.7 Å². The number of rotatable bonds is 5. The molecule has 0 radical (unpaired) electrons. The highest BCUT2D eigenvalue weighted by Gasteiger charge is 2.24. The van der Waals surface area contributed by atoms with E-state index in [-0.39, 0.29) is 11.7 Å².